The topological polar surface area (TPSA) is 58.2 Å². The maximum absolute atomic E-state index is 12.0. The second kappa shape index (κ2) is 8.00. The molecule has 0 saturated heterocycles. The smallest absolute Gasteiger partial charge is 0.269 e. The van der Waals surface area contributed by atoms with Crippen molar-refractivity contribution in [3.8, 4) is 0 Å². The van der Waals surface area contributed by atoms with Crippen LogP contribution in [0.3, 0.4) is 0 Å². The van der Waals surface area contributed by atoms with Crippen LogP contribution in [-0.2, 0) is 4.79 Å². The quantitative estimate of drug-likeness (QED) is 0.633. The average molecular weight is 379 g/mol. The number of nitrogens with one attached hydrogen (secondary N) is 2. The SMILES string of the molecule is C[C@H](Sc1ccc(Br)cc1)C(=O)NNC(=O)c1ccccc1. The third-order valence-corrected chi connectivity index (χ3v) is 4.47. The Labute approximate surface area is 141 Å². The fourth-order valence-corrected chi connectivity index (χ4v) is 2.78. The first kappa shape index (κ1) is 16.6. The summed E-state index contributed by atoms with van der Waals surface area (Å²) in [7, 11) is 0. The summed E-state index contributed by atoms with van der Waals surface area (Å²) in [5.41, 5.74) is 5.36. The summed E-state index contributed by atoms with van der Waals surface area (Å²) in [6.45, 7) is 1.79. The van der Waals surface area contributed by atoms with Gasteiger partial charge in [0.15, 0.2) is 0 Å². The lowest BCUT2D eigenvalue weighted by Crippen LogP contribution is -2.44. The van der Waals surface area contributed by atoms with Crippen molar-refractivity contribution < 1.29 is 9.59 Å². The molecule has 0 aliphatic carbocycles. The molecule has 0 fully saturated rings. The van der Waals surface area contributed by atoms with E-state index in [9.17, 15) is 9.59 Å². The van der Waals surface area contributed by atoms with Crippen LogP contribution in [0.5, 0.6) is 0 Å². The van der Waals surface area contributed by atoms with E-state index in [0.29, 0.717) is 5.56 Å². The molecule has 0 saturated carbocycles. The van der Waals surface area contributed by atoms with E-state index in [2.05, 4.69) is 26.8 Å². The summed E-state index contributed by atoms with van der Waals surface area (Å²) in [6, 6.07) is 16.4. The fourth-order valence-electron chi connectivity index (χ4n) is 1.65. The predicted octanol–water partition coefficient (Wildman–Crippen LogP) is 3.39. The zero-order valence-electron chi connectivity index (χ0n) is 11.9. The Morgan fingerprint density at radius 3 is 2.27 bits per heavy atom. The maximum atomic E-state index is 12.0. The number of hydrogen-bond acceptors (Lipinski definition) is 3. The fraction of sp³-hybridized carbons (Fsp3) is 0.125. The number of rotatable bonds is 4. The Balaban J connectivity index is 1.84. The number of benzene rings is 2. The van der Waals surface area contributed by atoms with Crippen LogP contribution < -0.4 is 10.9 Å². The standard InChI is InChI=1S/C16H15BrN2O2S/c1-11(22-14-9-7-13(17)8-10-14)15(20)18-19-16(21)12-5-3-2-4-6-12/h2-11H,1H3,(H,18,20)(H,19,21)/t11-/m0/s1. The van der Waals surface area contributed by atoms with Crippen LogP contribution in [0.4, 0.5) is 0 Å². The number of carbonyl (C=O) groups excluding carboxylic acids is 2. The van der Waals surface area contributed by atoms with E-state index in [4.69, 9.17) is 0 Å². The monoisotopic (exact) mass is 378 g/mol. The van der Waals surface area contributed by atoms with Crippen molar-refractivity contribution in [2.45, 2.75) is 17.1 Å². The summed E-state index contributed by atoms with van der Waals surface area (Å²) in [5.74, 6) is -0.591. The molecular formula is C16H15BrN2O2S. The van der Waals surface area contributed by atoms with E-state index in [-0.39, 0.29) is 17.1 Å². The zero-order chi connectivity index (χ0) is 15.9. The lowest BCUT2D eigenvalue weighted by molar-refractivity contribution is -0.121. The van der Waals surface area contributed by atoms with Crippen molar-refractivity contribution in [3.05, 3.63) is 64.6 Å². The van der Waals surface area contributed by atoms with E-state index >= 15 is 0 Å². The van der Waals surface area contributed by atoms with Crippen molar-refractivity contribution in [1.82, 2.24) is 10.9 Å². The van der Waals surface area contributed by atoms with Gasteiger partial charge in [0, 0.05) is 14.9 Å². The van der Waals surface area contributed by atoms with Gasteiger partial charge in [-0.2, -0.15) is 0 Å². The molecular weight excluding hydrogens is 364 g/mol. The first-order valence-corrected chi connectivity index (χ1v) is 8.31. The average Bonchev–Trinajstić information content (AvgIpc) is 2.55. The van der Waals surface area contributed by atoms with Crippen LogP contribution in [0, 0.1) is 0 Å². The molecule has 4 nitrogen and oxygen atoms in total. The summed E-state index contributed by atoms with van der Waals surface area (Å²) in [4.78, 5) is 24.8. The van der Waals surface area contributed by atoms with Crippen molar-refractivity contribution in [2.24, 2.45) is 0 Å². The first-order valence-electron chi connectivity index (χ1n) is 6.64. The molecule has 0 bridgehead atoms. The number of carbonyl (C=O) groups is 2. The minimum Gasteiger partial charge on any atom is -0.272 e. The van der Waals surface area contributed by atoms with Gasteiger partial charge in [0.2, 0.25) is 0 Å². The van der Waals surface area contributed by atoms with Crippen LogP contribution in [0.15, 0.2) is 64.0 Å². The summed E-state index contributed by atoms with van der Waals surface area (Å²) < 4.78 is 0.990. The molecule has 0 radical (unpaired) electrons. The molecule has 1 atom stereocenters. The summed E-state index contributed by atoms with van der Waals surface area (Å²) in [5, 5.41) is -0.322. The summed E-state index contributed by atoms with van der Waals surface area (Å²) in [6.07, 6.45) is 0. The molecule has 0 heterocycles. The highest BCUT2D eigenvalue weighted by Crippen LogP contribution is 2.24. The van der Waals surface area contributed by atoms with E-state index < -0.39 is 0 Å². The molecule has 6 heteroatoms. The highest BCUT2D eigenvalue weighted by atomic mass is 79.9. The Hall–Kier alpha value is -1.79. The molecule has 2 aromatic carbocycles. The largest absolute Gasteiger partial charge is 0.272 e. The Morgan fingerprint density at radius 2 is 1.64 bits per heavy atom. The third kappa shape index (κ3) is 4.89. The van der Waals surface area contributed by atoms with Gasteiger partial charge in [0.05, 0.1) is 5.25 Å². The van der Waals surface area contributed by atoms with Gasteiger partial charge >= 0.3 is 0 Å². The number of amides is 2. The molecule has 2 rings (SSSR count). The van der Waals surface area contributed by atoms with Crippen molar-refractivity contribution in [3.63, 3.8) is 0 Å². The second-order valence-electron chi connectivity index (χ2n) is 4.52. The number of thioether (sulfide) groups is 1. The van der Waals surface area contributed by atoms with E-state index in [0.717, 1.165) is 9.37 Å². The Kier molecular flexibility index (Phi) is 6.03. The second-order valence-corrected chi connectivity index (χ2v) is 6.85. The van der Waals surface area contributed by atoms with E-state index in [1.807, 2.05) is 30.3 Å². The molecule has 2 aromatic rings. The van der Waals surface area contributed by atoms with Gasteiger partial charge < -0.3 is 0 Å². The van der Waals surface area contributed by atoms with Gasteiger partial charge in [0.25, 0.3) is 11.8 Å². The minimum absolute atomic E-state index is 0.253. The molecule has 0 aliphatic heterocycles. The maximum Gasteiger partial charge on any atom is 0.269 e. The molecule has 0 spiro atoms. The number of hydrogen-bond donors (Lipinski definition) is 2. The van der Waals surface area contributed by atoms with Crippen LogP contribution in [0.1, 0.15) is 17.3 Å². The van der Waals surface area contributed by atoms with Crippen molar-refractivity contribution in [1.29, 1.82) is 0 Å². The van der Waals surface area contributed by atoms with Crippen LogP contribution >= 0.6 is 27.7 Å². The molecule has 114 valence electrons. The zero-order valence-corrected chi connectivity index (χ0v) is 14.3. The van der Waals surface area contributed by atoms with Gasteiger partial charge in [-0.1, -0.05) is 34.1 Å². The van der Waals surface area contributed by atoms with Crippen LogP contribution in [-0.4, -0.2) is 17.1 Å². The van der Waals surface area contributed by atoms with Crippen LogP contribution in [0.2, 0.25) is 0 Å². The molecule has 0 aromatic heterocycles. The van der Waals surface area contributed by atoms with Gasteiger partial charge in [0.1, 0.15) is 0 Å². The lowest BCUT2D eigenvalue weighted by atomic mass is 10.2. The highest BCUT2D eigenvalue weighted by molar-refractivity contribution is 9.10. The predicted molar refractivity (Wildman–Crippen MR) is 91.5 cm³/mol. The Morgan fingerprint density at radius 1 is 1.00 bits per heavy atom. The van der Waals surface area contributed by atoms with Gasteiger partial charge in [-0.05, 0) is 43.3 Å². The molecule has 2 N–H and O–H groups in total. The lowest BCUT2D eigenvalue weighted by Gasteiger charge is -2.12. The molecule has 22 heavy (non-hydrogen) atoms. The third-order valence-electron chi connectivity index (χ3n) is 2.83. The molecule has 0 aliphatic rings. The van der Waals surface area contributed by atoms with E-state index in [1.54, 1.807) is 31.2 Å². The minimum atomic E-state index is -0.338. The highest BCUT2D eigenvalue weighted by Gasteiger charge is 2.15. The first-order chi connectivity index (χ1) is 10.6. The van der Waals surface area contributed by atoms with Gasteiger partial charge in [-0.15, -0.1) is 11.8 Å². The van der Waals surface area contributed by atoms with Gasteiger partial charge in [-0.3, -0.25) is 20.4 Å². The molecule has 0 unspecified atom stereocenters. The molecule has 2 amide bonds. The summed E-state index contributed by atoms with van der Waals surface area (Å²) >= 11 is 4.79. The van der Waals surface area contributed by atoms with Gasteiger partial charge in [-0.25, -0.2) is 0 Å². The van der Waals surface area contributed by atoms with Crippen molar-refractivity contribution >= 4 is 39.5 Å². The van der Waals surface area contributed by atoms with Crippen molar-refractivity contribution in [2.75, 3.05) is 0 Å². The van der Waals surface area contributed by atoms with Crippen LogP contribution in [0.25, 0.3) is 0 Å². The van der Waals surface area contributed by atoms with E-state index in [1.165, 1.54) is 11.8 Å². The number of hydrazine groups is 1. The number of halogens is 1. The Bertz CT molecular complexity index is 647. The normalized spacial score (nSPS) is 11.5.